The summed E-state index contributed by atoms with van der Waals surface area (Å²) in [4.78, 5) is 17.8. The quantitative estimate of drug-likeness (QED) is 0.172. The van der Waals surface area contributed by atoms with Crippen molar-refractivity contribution in [1.82, 2.24) is 15.0 Å². The average Bonchev–Trinajstić information content (AvgIpc) is 3.74. The molecule has 0 radical (unpaired) electrons. The first-order chi connectivity index (χ1) is 27.3. The molecule has 4 aliphatic rings. The number of fused-ring (bicyclic) bond motifs is 16. The Hall–Kier alpha value is -7.11. The minimum absolute atomic E-state index is 0.0370. The average molecular weight is 699 g/mol. The maximum absolute atomic E-state index is 5.10. The van der Waals surface area contributed by atoms with E-state index in [2.05, 4.69) is 156 Å². The standard InChI is InChI=1S/C50H31BN4/c1-3-15-32(16-4-1)47-52-48(33-17-5-2-6-18-33)54-49(53-47)34-27-28-45-39(31-34)37-21-10-14-26-44(37)51-30-29-43-46(55(45)51)38-22-9-13-25-42(38)50(43)40-23-11-7-19-35(40)36-20-8-12-24-41(36)50/h1-31H. The Kier molecular flexibility index (Phi) is 6.32. The molecule has 2 aliphatic heterocycles. The number of nitrogens with zero attached hydrogens (tertiary/aromatic N) is 4. The third-order valence-corrected chi connectivity index (χ3v) is 11.9. The molecule has 0 atom stereocenters. The van der Waals surface area contributed by atoms with Crippen molar-refractivity contribution in [1.29, 1.82) is 0 Å². The highest BCUT2D eigenvalue weighted by Crippen LogP contribution is 2.64. The maximum atomic E-state index is 5.10. The van der Waals surface area contributed by atoms with Crippen molar-refractivity contribution in [2.45, 2.75) is 5.41 Å². The second-order valence-corrected chi connectivity index (χ2v) is 14.7. The van der Waals surface area contributed by atoms with Gasteiger partial charge in [-0.3, -0.25) is 0 Å². The highest BCUT2D eigenvalue weighted by atomic mass is 15.1. The van der Waals surface area contributed by atoms with Crippen molar-refractivity contribution in [2.24, 2.45) is 0 Å². The van der Waals surface area contributed by atoms with E-state index in [-0.39, 0.29) is 6.85 Å². The van der Waals surface area contributed by atoms with Gasteiger partial charge in [0.1, 0.15) is 0 Å². The van der Waals surface area contributed by atoms with Crippen LogP contribution in [0.3, 0.4) is 0 Å². The fraction of sp³-hybridized carbons (Fsp3) is 0.0200. The van der Waals surface area contributed by atoms with Gasteiger partial charge in [0.15, 0.2) is 17.5 Å². The molecule has 0 fully saturated rings. The zero-order valence-corrected chi connectivity index (χ0v) is 29.8. The minimum Gasteiger partial charge on any atom is -0.376 e. The van der Waals surface area contributed by atoms with Gasteiger partial charge in [0.2, 0.25) is 0 Å². The topological polar surface area (TPSA) is 41.9 Å². The van der Waals surface area contributed by atoms with E-state index in [1.165, 1.54) is 66.9 Å². The molecular weight excluding hydrogens is 667 g/mol. The van der Waals surface area contributed by atoms with Gasteiger partial charge >= 0.3 is 6.85 Å². The molecule has 0 saturated carbocycles. The summed E-state index contributed by atoms with van der Waals surface area (Å²) in [7, 11) is 0. The molecule has 5 heteroatoms. The number of hydrogen-bond donors (Lipinski definition) is 0. The fourth-order valence-corrected chi connectivity index (χ4v) is 9.73. The molecule has 0 saturated heterocycles. The zero-order chi connectivity index (χ0) is 36.1. The van der Waals surface area contributed by atoms with Crippen LogP contribution in [0.2, 0.25) is 0 Å². The van der Waals surface area contributed by atoms with Crippen molar-refractivity contribution in [2.75, 3.05) is 4.81 Å². The molecule has 0 N–H and O–H groups in total. The van der Waals surface area contributed by atoms with Crippen molar-refractivity contribution in [3.8, 4) is 56.4 Å². The summed E-state index contributed by atoms with van der Waals surface area (Å²) in [6.07, 6.45) is 2.44. The van der Waals surface area contributed by atoms with Gasteiger partial charge < -0.3 is 4.81 Å². The Morgan fingerprint density at radius 2 is 0.909 bits per heavy atom. The van der Waals surface area contributed by atoms with E-state index in [0.717, 1.165) is 16.7 Å². The molecule has 2 aliphatic carbocycles. The molecule has 0 amide bonds. The molecule has 254 valence electrons. The zero-order valence-electron chi connectivity index (χ0n) is 29.8. The Morgan fingerprint density at radius 3 is 1.53 bits per heavy atom. The summed E-state index contributed by atoms with van der Waals surface area (Å²) >= 11 is 0. The highest BCUT2D eigenvalue weighted by Gasteiger charge is 2.55. The number of rotatable bonds is 3. The van der Waals surface area contributed by atoms with Crippen molar-refractivity contribution >= 4 is 23.7 Å². The lowest BCUT2D eigenvalue weighted by Gasteiger charge is -2.42. The van der Waals surface area contributed by atoms with Crippen LogP contribution in [0.5, 0.6) is 0 Å². The largest absolute Gasteiger partial charge is 0.376 e. The van der Waals surface area contributed by atoms with E-state index in [1.54, 1.807) is 0 Å². The molecule has 0 unspecified atom stereocenters. The van der Waals surface area contributed by atoms with E-state index in [4.69, 9.17) is 15.0 Å². The number of hydrogen-bond acceptors (Lipinski definition) is 4. The Labute approximate surface area is 320 Å². The first kappa shape index (κ1) is 30.4. The highest BCUT2D eigenvalue weighted by molar-refractivity contribution is 6.85. The summed E-state index contributed by atoms with van der Waals surface area (Å²) in [5, 5.41) is 0. The molecule has 3 heterocycles. The fourth-order valence-electron chi connectivity index (χ4n) is 9.73. The van der Waals surface area contributed by atoms with E-state index >= 15 is 0 Å². The summed E-state index contributed by atoms with van der Waals surface area (Å²) in [5.41, 5.74) is 17.9. The first-order valence-electron chi connectivity index (χ1n) is 18.9. The SMILES string of the molecule is C1=CC2=C(c3ccccc3C23c2ccccc2-c2ccccc23)N2B1c1ccccc1-c1cc(-c3nc(-c4ccccc4)nc(-c4ccccc4)n3)ccc12. The molecule has 4 nitrogen and oxygen atoms in total. The van der Waals surface area contributed by atoms with Crippen LogP contribution in [0.15, 0.2) is 194 Å². The van der Waals surface area contributed by atoms with Crippen LogP contribution in [-0.2, 0) is 5.41 Å². The summed E-state index contributed by atoms with van der Waals surface area (Å²) < 4.78 is 0. The third kappa shape index (κ3) is 4.15. The van der Waals surface area contributed by atoms with E-state index in [1.807, 2.05) is 36.4 Å². The number of benzene rings is 7. The molecule has 8 aromatic rings. The van der Waals surface area contributed by atoms with Crippen LogP contribution in [-0.4, -0.2) is 21.8 Å². The van der Waals surface area contributed by atoms with Crippen LogP contribution in [0.4, 0.5) is 5.69 Å². The van der Waals surface area contributed by atoms with E-state index in [9.17, 15) is 0 Å². The van der Waals surface area contributed by atoms with Crippen LogP contribution >= 0.6 is 0 Å². The normalized spacial score (nSPS) is 14.8. The third-order valence-electron chi connectivity index (χ3n) is 11.9. The van der Waals surface area contributed by atoms with E-state index < -0.39 is 5.41 Å². The van der Waals surface area contributed by atoms with Crippen LogP contribution in [0.1, 0.15) is 22.3 Å². The summed E-state index contributed by atoms with van der Waals surface area (Å²) in [6.45, 7) is 0.0370. The summed E-state index contributed by atoms with van der Waals surface area (Å²) in [6, 6.07) is 63.1. The van der Waals surface area contributed by atoms with Crippen LogP contribution in [0, 0.1) is 0 Å². The van der Waals surface area contributed by atoms with Crippen molar-refractivity contribution in [3.63, 3.8) is 0 Å². The Morgan fingerprint density at radius 1 is 0.418 bits per heavy atom. The number of allylic oxidation sites excluding steroid dienone is 2. The predicted octanol–water partition coefficient (Wildman–Crippen LogP) is 10.4. The van der Waals surface area contributed by atoms with Crippen molar-refractivity contribution in [3.05, 3.63) is 216 Å². The van der Waals surface area contributed by atoms with Crippen LogP contribution < -0.4 is 10.3 Å². The lowest BCUT2D eigenvalue weighted by Crippen LogP contribution is -2.51. The van der Waals surface area contributed by atoms with Crippen molar-refractivity contribution < 1.29 is 0 Å². The lowest BCUT2D eigenvalue weighted by molar-refractivity contribution is 0.785. The van der Waals surface area contributed by atoms with Gasteiger partial charge in [-0.05, 0) is 62.6 Å². The van der Waals surface area contributed by atoms with Gasteiger partial charge in [-0.1, -0.05) is 170 Å². The number of anilines is 1. The van der Waals surface area contributed by atoms with Crippen LogP contribution in [0.25, 0.3) is 62.1 Å². The molecule has 1 spiro atoms. The second kappa shape index (κ2) is 11.4. The molecular formula is C50H31BN4. The Bertz CT molecular complexity index is 2850. The molecule has 0 bridgehead atoms. The maximum Gasteiger partial charge on any atom is 0.321 e. The van der Waals surface area contributed by atoms with Gasteiger partial charge in [0, 0.05) is 39.2 Å². The molecule has 1 aromatic heterocycles. The van der Waals surface area contributed by atoms with E-state index in [0.29, 0.717) is 17.5 Å². The number of aromatic nitrogens is 3. The molecule has 7 aromatic carbocycles. The molecule has 55 heavy (non-hydrogen) atoms. The minimum atomic E-state index is -0.412. The second-order valence-electron chi connectivity index (χ2n) is 14.7. The molecule has 12 rings (SSSR count). The predicted molar refractivity (Wildman–Crippen MR) is 224 cm³/mol. The van der Waals surface area contributed by atoms with Gasteiger partial charge in [0.25, 0.3) is 0 Å². The lowest BCUT2D eigenvalue weighted by atomic mass is 9.48. The Balaban J connectivity index is 1.09. The van der Waals surface area contributed by atoms with Gasteiger partial charge in [-0.15, -0.1) is 0 Å². The monoisotopic (exact) mass is 698 g/mol. The smallest absolute Gasteiger partial charge is 0.321 e. The summed E-state index contributed by atoms with van der Waals surface area (Å²) in [5.74, 6) is 4.39. The first-order valence-corrected chi connectivity index (χ1v) is 18.9. The van der Waals surface area contributed by atoms with Gasteiger partial charge in [-0.2, -0.15) is 0 Å². The van der Waals surface area contributed by atoms with Gasteiger partial charge in [-0.25, -0.2) is 15.0 Å². The van der Waals surface area contributed by atoms with Gasteiger partial charge in [0.05, 0.1) is 5.41 Å².